The van der Waals surface area contributed by atoms with Crippen molar-refractivity contribution in [3.8, 4) is 0 Å². The zero-order chi connectivity index (χ0) is 15.1. The molecule has 118 valence electrons. The van der Waals surface area contributed by atoms with Crippen LogP contribution in [0.2, 0.25) is 0 Å². The van der Waals surface area contributed by atoms with Crippen molar-refractivity contribution in [2.75, 3.05) is 39.8 Å². The maximum atomic E-state index is 3.64. The molecule has 1 aromatic carbocycles. The van der Waals surface area contributed by atoms with Gasteiger partial charge in [0.25, 0.3) is 0 Å². The summed E-state index contributed by atoms with van der Waals surface area (Å²) in [5.41, 5.74) is 1.42. The monoisotopic (exact) mass is 289 g/mol. The van der Waals surface area contributed by atoms with Crippen LogP contribution < -0.4 is 5.32 Å². The van der Waals surface area contributed by atoms with Crippen LogP contribution in [-0.2, 0) is 0 Å². The summed E-state index contributed by atoms with van der Waals surface area (Å²) in [5, 5.41) is 3.64. The van der Waals surface area contributed by atoms with Crippen LogP contribution in [0.1, 0.15) is 38.3 Å². The number of nitrogens with zero attached hydrogens (tertiary/aromatic N) is 2. The van der Waals surface area contributed by atoms with Gasteiger partial charge in [-0.2, -0.15) is 0 Å². The van der Waals surface area contributed by atoms with Gasteiger partial charge in [0.15, 0.2) is 0 Å². The summed E-state index contributed by atoms with van der Waals surface area (Å²) >= 11 is 0. The second-order valence-electron chi connectivity index (χ2n) is 6.15. The lowest BCUT2D eigenvalue weighted by Gasteiger charge is -2.39. The average molecular weight is 289 g/mol. The molecule has 1 heterocycles. The largest absolute Gasteiger partial charge is 0.310 e. The lowest BCUT2D eigenvalue weighted by atomic mass is 10.0. The Bertz CT molecular complexity index is 393. The summed E-state index contributed by atoms with van der Waals surface area (Å²) in [6.45, 7) is 10.3. The number of hydrogen-bond donors (Lipinski definition) is 1. The maximum Gasteiger partial charge on any atom is 0.0332 e. The van der Waals surface area contributed by atoms with E-state index in [1.165, 1.54) is 44.6 Å². The molecule has 0 spiro atoms. The molecule has 3 heteroatoms. The zero-order valence-corrected chi connectivity index (χ0v) is 13.9. The van der Waals surface area contributed by atoms with E-state index in [9.17, 15) is 0 Å². The molecular formula is C18H31N3. The maximum absolute atomic E-state index is 3.64. The molecule has 1 aliphatic heterocycles. The quantitative estimate of drug-likeness (QED) is 0.833. The van der Waals surface area contributed by atoms with Crippen LogP contribution in [0.3, 0.4) is 0 Å². The number of benzene rings is 1. The van der Waals surface area contributed by atoms with Crippen molar-refractivity contribution in [1.29, 1.82) is 0 Å². The van der Waals surface area contributed by atoms with E-state index in [4.69, 9.17) is 0 Å². The first kappa shape index (κ1) is 16.5. The van der Waals surface area contributed by atoms with Gasteiger partial charge < -0.3 is 15.1 Å². The summed E-state index contributed by atoms with van der Waals surface area (Å²) < 4.78 is 0. The van der Waals surface area contributed by atoms with E-state index in [0.717, 1.165) is 12.6 Å². The summed E-state index contributed by atoms with van der Waals surface area (Å²) in [5.74, 6) is 0. The second kappa shape index (κ2) is 8.52. The summed E-state index contributed by atoms with van der Waals surface area (Å²) in [7, 11) is 2.26. The Morgan fingerprint density at radius 2 is 1.95 bits per heavy atom. The first-order chi connectivity index (χ1) is 10.2. The van der Waals surface area contributed by atoms with E-state index in [1.807, 2.05) is 0 Å². The van der Waals surface area contributed by atoms with Crippen molar-refractivity contribution in [3.05, 3.63) is 35.9 Å². The first-order valence-electron chi connectivity index (χ1n) is 8.45. The van der Waals surface area contributed by atoms with E-state index >= 15 is 0 Å². The molecule has 1 saturated heterocycles. The third-order valence-corrected chi connectivity index (χ3v) is 4.72. The van der Waals surface area contributed by atoms with Gasteiger partial charge in [-0.05, 0) is 32.0 Å². The molecule has 2 atom stereocenters. The predicted molar refractivity (Wildman–Crippen MR) is 90.6 cm³/mol. The fourth-order valence-corrected chi connectivity index (χ4v) is 3.28. The van der Waals surface area contributed by atoms with Gasteiger partial charge in [0.1, 0.15) is 0 Å². The van der Waals surface area contributed by atoms with Crippen LogP contribution in [0, 0.1) is 0 Å². The molecule has 1 aliphatic rings. The minimum absolute atomic E-state index is 0.482. The SMILES string of the molecule is CCNC(CCN1CCN(C)C(CC)C1)c1ccccc1. The van der Waals surface area contributed by atoms with Crippen molar-refractivity contribution in [1.82, 2.24) is 15.1 Å². The van der Waals surface area contributed by atoms with Gasteiger partial charge in [0.05, 0.1) is 0 Å². The Morgan fingerprint density at radius 1 is 1.19 bits per heavy atom. The topological polar surface area (TPSA) is 18.5 Å². The molecule has 3 nitrogen and oxygen atoms in total. The van der Waals surface area contributed by atoms with Gasteiger partial charge in [-0.15, -0.1) is 0 Å². The highest BCUT2D eigenvalue weighted by Crippen LogP contribution is 2.18. The highest BCUT2D eigenvalue weighted by atomic mass is 15.3. The fraction of sp³-hybridized carbons (Fsp3) is 0.667. The fourth-order valence-electron chi connectivity index (χ4n) is 3.28. The van der Waals surface area contributed by atoms with Gasteiger partial charge in [0.2, 0.25) is 0 Å². The molecule has 21 heavy (non-hydrogen) atoms. The smallest absolute Gasteiger partial charge is 0.0332 e. The Hall–Kier alpha value is -0.900. The van der Waals surface area contributed by atoms with Crippen LogP contribution in [0.25, 0.3) is 0 Å². The number of nitrogens with one attached hydrogen (secondary N) is 1. The van der Waals surface area contributed by atoms with Crippen molar-refractivity contribution in [3.63, 3.8) is 0 Å². The first-order valence-corrected chi connectivity index (χ1v) is 8.45. The van der Waals surface area contributed by atoms with E-state index < -0.39 is 0 Å². The average Bonchev–Trinajstić information content (AvgIpc) is 2.53. The van der Waals surface area contributed by atoms with Crippen molar-refractivity contribution < 1.29 is 0 Å². The molecule has 2 rings (SSSR count). The minimum atomic E-state index is 0.482. The summed E-state index contributed by atoms with van der Waals surface area (Å²) in [4.78, 5) is 5.15. The molecule has 1 N–H and O–H groups in total. The number of rotatable bonds is 7. The van der Waals surface area contributed by atoms with Gasteiger partial charge in [-0.25, -0.2) is 0 Å². The predicted octanol–water partition coefficient (Wildman–Crippen LogP) is 2.75. The van der Waals surface area contributed by atoms with E-state index in [0.29, 0.717) is 6.04 Å². The van der Waals surface area contributed by atoms with Crippen LogP contribution in [0.5, 0.6) is 0 Å². The molecule has 0 aliphatic carbocycles. The van der Waals surface area contributed by atoms with Crippen molar-refractivity contribution in [2.45, 2.75) is 38.8 Å². The van der Waals surface area contributed by atoms with Gasteiger partial charge >= 0.3 is 0 Å². The molecule has 2 unspecified atom stereocenters. The van der Waals surface area contributed by atoms with Crippen molar-refractivity contribution >= 4 is 0 Å². The van der Waals surface area contributed by atoms with Gasteiger partial charge in [-0.1, -0.05) is 44.2 Å². The molecular weight excluding hydrogens is 258 g/mol. The summed E-state index contributed by atoms with van der Waals surface area (Å²) in [6, 6.07) is 12.1. The van der Waals surface area contributed by atoms with E-state index in [1.54, 1.807) is 0 Å². The zero-order valence-electron chi connectivity index (χ0n) is 13.9. The third kappa shape index (κ3) is 4.80. The standard InChI is InChI=1S/C18H31N3/c1-4-17-15-21(14-13-20(17)3)12-11-18(19-5-2)16-9-7-6-8-10-16/h6-10,17-19H,4-5,11-15H2,1-3H3. The number of piperazine rings is 1. The van der Waals surface area contributed by atoms with Crippen LogP contribution in [0.15, 0.2) is 30.3 Å². The van der Waals surface area contributed by atoms with Crippen LogP contribution >= 0.6 is 0 Å². The minimum Gasteiger partial charge on any atom is -0.310 e. The lowest BCUT2D eigenvalue weighted by molar-refractivity contribution is 0.0902. The molecule has 0 amide bonds. The molecule has 0 saturated carbocycles. The highest BCUT2D eigenvalue weighted by molar-refractivity contribution is 5.18. The van der Waals surface area contributed by atoms with Crippen LogP contribution in [0.4, 0.5) is 0 Å². The Labute approximate surface area is 130 Å². The highest BCUT2D eigenvalue weighted by Gasteiger charge is 2.23. The Morgan fingerprint density at radius 3 is 2.62 bits per heavy atom. The second-order valence-corrected chi connectivity index (χ2v) is 6.15. The summed E-state index contributed by atoms with van der Waals surface area (Å²) in [6.07, 6.45) is 2.44. The number of hydrogen-bond acceptors (Lipinski definition) is 3. The van der Waals surface area contributed by atoms with Crippen LogP contribution in [-0.4, -0.2) is 55.6 Å². The van der Waals surface area contributed by atoms with E-state index in [-0.39, 0.29) is 0 Å². The normalized spacial score (nSPS) is 22.3. The lowest BCUT2D eigenvalue weighted by Crippen LogP contribution is -2.51. The number of likely N-dealkylation sites (N-methyl/N-ethyl adjacent to an activating group) is 1. The van der Waals surface area contributed by atoms with Gasteiger partial charge in [-0.3, -0.25) is 0 Å². The van der Waals surface area contributed by atoms with E-state index in [2.05, 4.69) is 66.3 Å². The molecule has 0 bridgehead atoms. The molecule has 1 fully saturated rings. The third-order valence-electron chi connectivity index (χ3n) is 4.72. The Kier molecular flexibility index (Phi) is 6.68. The molecule has 0 radical (unpaired) electrons. The van der Waals surface area contributed by atoms with Gasteiger partial charge in [0, 0.05) is 38.3 Å². The molecule has 0 aromatic heterocycles. The molecule has 1 aromatic rings. The Balaban J connectivity index is 1.87. The van der Waals surface area contributed by atoms with Crippen molar-refractivity contribution in [2.24, 2.45) is 0 Å².